The van der Waals surface area contributed by atoms with Gasteiger partial charge in [-0.25, -0.2) is 0 Å². The van der Waals surface area contributed by atoms with Gasteiger partial charge in [0.1, 0.15) is 12.3 Å². The number of nitrogens with zero attached hydrogens (tertiary/aromatic N) is 2. The van der Waals surface area contributed by atoms with Crippen molar-refractivity contribution in [2.45, 2.75) is 6.54 Å². The number of aromatic nitrogens is 1. The highest BCUT2D eigenvalue weighted by molar-refractivity contribution is 8.18. The molecule has 2 heterocycles. The molecular weight excluding hydrogens is 522 g/mol. The van der Waals surface area contributed by atoms with Gasteiger partial charge in [-0.1, -0.05) is 54.6 Å². The van der Waals surface area contributed by atoms with Crippen LogP contribution in [-0.2, 0) is 16.1 Å². The van der Waals surface area contributed by atoms with Gasteiger partial charge in [-0.2, -0.15) is 0 Å². The molecular formula is C32H25N3O4S. The maximum absolute atomic E-state index is 13.2. The SMILES string of the molecule is COc1ccc(NC(=O)CN2C(=O)S/C(=C\c3cn(Cc4ccc5ccccc5c4)c4ccccc34)C2=O)cc1. The number of carbonyl (C=O) groups excluding carboxylic acids is 3. The summed E-state index contributed by atoms with van der Waals surface area (Å²) in [7, 11) is 1.56. The van der Waals surface area contributed by atoms with Crippen molar-refractivity contribution in [2.24, 2.45) is 0 Å². The number of nitrogens with one attached hydrogen (secondary N) is 1. The lowest BCUT2D eigenvalue weighted by molar-refractivity contribution is -0.127. The molecule has 5 aromatic rings. The number of para-hydroxylation sites is 1. The molecule has 4 aromatic carbocycles. The highest BCUT2D eigenvalue weighted by atomic mass is 32.2. The molecule has 1 saturated heterocycles. The molecule has 198 valence electrons. The van der Waals surface area contributed by atoms with Crippen molar-refractivity contribution in [1.82, 2.24) is 9.47 Å². The zero-order valence-corrected chi connectivity index (χ0v) is 22.5. The van der Waals surface area contributed by atoms with E-state index < -0.39 is 17.1 Å². The van der Waals surface area contributed by atoms with Crippen LogP contribution in [0.25, 0.3) is 27.8 Å². The first-order valence-electron chi connectivity index (χ1n) is 12.7. The molecule has 0 atom stereocenters. The second kappa shape index (κ2) is 10.7. The lowest BCUT2D eigenvalue weighted by Gasteiger charge is -2.12. The lowest BCUT2D eigenvalue weighted by Crippen LogP contribution is -2.36. The Morgan fingerprint density at radius 3 is 2.48 bits per heavy atom. The summed E-state index contributed by atoms with van der Waals surface area (Å²) in [6.45, 7) is 0.296. The van der Waals surface area contributed by atoms with E-state index in [1.165, 1.54) is 10.8 Å². The van der Waals surface area contributed by atoms with E-state index in [0.29, 0.717) is 18.0 Å². The van der Waals surface area contributed by atoms with Gasteiger partial charge >= 0.3 is 0 Å². The van der Waals surface area contributed by atoms with E-state index in [2.05, 4.69) is 40.2 Å². The molecule has 0 bridgehead atoms. The van der Waals surface area contributed by atoms with Crippen molar-refractivity contribution < 1.29 is 19.1 Å². The van der Waals surface area contributed by atoms with Gasteiger partial charge in [0.15, 0.2) is 0 Å². The predicted molar refractivity (Wildman–Crippen MR) is 159 cm³/mol. The van der Waals surface area contributed by atoms with Crippen LogP contribution >= 0.6 is 11.8 Å². The zero-order valence-electron chi connectivity index (χ0n) is 21.7. The molecule has 7 nitrogen and oxygen atoms in total. The number of ether oxygens (including phenoxy) is 1. The van der Waals surface area contributed by atoms with Crippen LogP contribution in [0.4, 0.5) is 10.5 Å². The third kappa shape index (κ3) is 5.09. The number of hydrogen-bond donors (Lipinski definition) is 1. The van der Waals surface area contributed by atoms with E-state index in [1.54, 1.807) is 37.5 Å². The van der Waals surface area contributed by atoms with Gasteiger partial charge < -0.3 is 14.6 Å². The molecule has 1 aliphatic rings. The van der Waals surface area contributed by atoms with Gasteiger partial charge in [-0.3, -0.25) is 19.3 Å². The summed E-state index contributed by atoms with van der Waals surface area (Å²) >= 11 is 0.846. The van der Waals surface area contributed by atoms with Crippen LogP contribution in [0, 0.1) is 0 Å². The fourth-order valence-electron chi connectivity index (χ4n) is 4.85. The van der Waals surface area contributed by atoms with Crippen LogP contribution in [0.2, 0.25) is 0 Å². The Balaban J connectivity index is 1.22. The number of hydrogen-bond acceptors (Lipinski definition) is 5. The molecule has 0 spiro atoms. The fourth-order valence-corrected chi connectivity index (χ4v) is 5.68. The summed E-state index contributed by atoms with van der Waals surface area (Å²) in [5, 5.41) is 5.60. The van der Waals surface area contributed by atoms with E-state index in [-0.39, 0.29) is 11.4 Å². The zero-order chi connectivity index (χ0) is 27.6. The van der Waals surface area contributed by atoms with Crippen molar-refractivity contribution in [1.29, 1.82) is 0 Å². The van der Waals surface area contributed by atoms with Gasteiger partial charge in [0, 0.05) is 34.9 Å². The molecule has 1 N–H and O–H groups in total. The number of imide groups is 1. The molecule has 0 radical (unpaired) electrons. The summed E-state index contributed by atoms with van der Waals surface area (Å²) < 4.78 is 7.27. The highest BCUT2D eigenvalue weighted by Gasteiger charge is 2.36. The van der Waals surface area contributed by atoms with E-state index in [4.69, 9.17) is 4.74 Å². The monoisotopic (exact) mass is 547 g/mol. The van der Waals surface area contributed by atoms with Crippen molar-refractivity contribution in [3.8, 4) is 5.75 Å². The molecule has 1 fully saturated rings. The quantitative estimate of drug-likeness (QED) is 0.235. The van der Waals surface area contributed by atoms with Crippen molar-refractivity contribution in [2.75, 3.05) is 19.0 Å². The molecule has 0 unspecified atom stereocenters. The Bertz CT molecular complexity index is 1810. The average Bonchev–Trinajstić information content (AvgIpc) is 3.44. The summed E-state index contributed by atoms with van der Waals surface area (Å²) in [6.07, 6.45) is 3.75. The smallest absolute Gasteiger partial charge is 0.294 e. The highest BCUT2D eigenvalue weighted by Crippen LogP contribution is 2.34. The minimum Gasteiger partial charge on any atom is -0.497 e. The first-order valence-corrected chi connectivity index (χ1v) is 13.5. The van der Waals surface area contributed by atoms with Crippen LogP contribution in [-0.4, -0.2) is 40.2 Å². The van der Waals surface area contributed by atoms with E-state index >= 15 is 0 Å². The molecule has 0 aliphatic carbocycles. The summed E-state index contributed by atoms with van der Waals surface area (Å²) in [6, 6.07) is 29.5. The lowest BCUT2D eigenvalue weighted by atomic mass is 10.1. The van der Waals surface area contributed by atoms with E-state index in [0.717, 1.165) is 38.7 Å². The van der Waals surface area contributed by atoms with Gasteiger partial charge in [0.2, 0.25) is 5.91 Å². The summed E-state index contributed by atoms with van der Waals surface area (Å²) in [5.41, 5.74) is 3.58. The first kappa shape index (κ1) is 25.5. The van der Waals surface area contributed by atoms with Crippen LogP contribution in [0.3, 0.4) is 0 Å². The molecule has 0 saturated carbocycles. The van der Waals surface area contributed by atoms with Crippen LogP contribution in [0.1, 0.15) is 11.1 Å². The third-order valence-corrected chi connectivity index (χ3v) is 7.73. The Labute approximate surface area is 235 Å². The van der Waals surface area contributed by atoms with Gasteiger partial charge in [-0.05, 0) is 70.6 Å². The van der Waals surface area contributed by atoms with Gasteiger partial charge in [0.25, 0.3) is 11.1 Å². The number of amides is 3. The van der Waals surface area contributed by atoms with Gasteiger partial charge in [-0.15, -0.1) is 0 Å². The fraction of sp³-hybridized carbons (Fsp3) is 0.0938. The third-order valence-electron chi connectivity index (χ3n) is 6.82. The second-order valence-corrected chi connectivity index (χ2v) is 10.4. The molecule has 1 aromatic heterocycles. The normalized spacial score (nSPS) is 14.4. The van der Waals surface area contributed by atoms with Crippen LogP contribution < -0.4 is 10.1 Å². The standard InChI is InChI=1S/C32H25N3O4S/c1-39-26-14-12-25(13-15-26)33-30(36)20-35-31(37)29(40-32(35)38)17-24-19-34(28-9-5-4-8-27(24)28)18-21-10-11-22-6-2-3-7-23(22)16-21/h2-17,19H,18,20H2,1H3,(H,33,36)/b29-17-. The predicted octanol–water partition coefficient (Wildman–Crippen LogP) is 6.53. The number of rotatable bonds is 7. The Kier molecular flexibility index (Phi) is 6.84. The molecule has 1 aliphatic heterocycles. The van der Waals surface area contributed by atoms with Gasteiger partial charge in [0.05, 0.1) is 12.0 Å². The number of anilines is 1. The molecule has 8 heteroatoms. The Morgan fingerprint density at radius 1 is 0.925 bits per heavy atom. The minimum absolute atomic E-state index is 0.288. The minimum atomic E-state index is -0.480. The maximum atomic E-state index is 13.2. The van der Waals surface area contributed by atoms with Crippen molar-refractivity contribution in [3.63, 3.8) is 0 Å². The summed E-state index contributed by atoms with van der Waals surface area (Å²) in [5.74, 6) is -0.278. The Hall–Kier alpha value is -4.82. The number of fused-ring (bicyclic) bond motifs is 2. The number of methoxy groups -OCH3 is 1. The van der Waals surface area contributed by atoms with Crippen LogP contribution in [0.5, 0.6) is 5.75 Å². The molecule has 6 rings (SSSR count). The number of thioether (sulfide) groups is 1. The maximum Gasteiger partial charge on any atom is 0.294 e. The topological polar surface area (TPSA) is 80.6 Å². The number of benzene rings is 4. The summed E-state index contributed by atoms with van der Waals surface area (Å²) in [4.78, 5) is 39.7. The second-order valence-electron chi connectivity index (χ2n) is 9.46. The van der Waals surface area contributed by atoms with E-state index in [9.17, 15) is 14.4 Å². The van der Waals surface area contributed by atoms with Crippen LogP contribution in [0.15, 0.2) is 102 Å². The largest absolute Gasteiger partial charge is 0.497 e. The number of carbonyl (C=O) groups is 3. The average molecular weight is 548 g/mol. The van der Waals surface area contributed by atoms with Crippen molar-refractivity contribution in [3.05, 3.63) is 113 Å². The van der Waals surface area contributed by atoms with E-state index in [1.807, 2.05) is 42.6 Å². The first-order chi connectivity index (χ1) is 19.5. The molecule has 3 amide bonds. The molecule has 40 heavy (non-hydrogen) atoms. The Morgan fingerprint density at radius 2 is 1.68 bits per heavy atom. The van der Waals surface area contributed by atoms with Crippen molar-refractivity contribution >= 4 is 62.3 Å².